The molecule has 0 saturated carbocycles. The van der Waals surface area contributed by atoms with Crippen LogP contribution in [0.15, 0.2) is 34.9 Å². The van der Waals surface area contributed by atoms with E-state index in [0.29, 0.717) is 23.6 Å². The van der Waals surface area contributed by atoms with Crippen molar-refractivity contribution in [1.82, 2.24) is 15.2 Å². The quantitative estimate of drug-likeness (QED) is 0.905. The molecule has 2 heterocycles. The van der Waals surface area contributed by atoms with Crippen molar-refractivity contribution in [3.8, 4) is 11.5 Å². The molecule has 0 aliphatic heterocycles. The van der Waals surface area contributed by atoms with Crippen molar-refractivity contribution < 1.29 is 9.21 Å². The number of nitrogens with zero attached hydrogens (tertiary/aromatic N) is 2. The van der Waals surface area contributed by atoms with Gasteiger partial charge in [0, 0.05) is 20.1 Å². The maximum Gasteiger partial charge on any atom is 0.255 e. The Kier molecular flexibility index (Phi) is 8.79. The molecular weight excluding hydrogens is 325 g/mol. The zero-order chi connectivity index (χ0) is 14.5. The minimum Gasteiger partial charge on any atom is -0.463 e. The molecule has 0 unspecified atom stereocenters. The third-order valence-electron chi connectivity index (χ3n) is 3.13. The van der Waals surface area contributed by atoms with Gasteiger partial charge in [0.2, 0.25) is 0 Å². The molecule has 0 fully saturated rings. The van der Waals surface area contributed by atoms with E-state index in [-0.39, 0.29) is 30.7 Å². The highest BCUT2D eigenvalue weighted by Crippen LogP contribution is 2.19. The van der Waals surface area contributed by atoms with E-state index in [1.165, 1.54) is 0 Å². The van der Waals surface area contributed by atoms with Crippen LogP contribution in [0.3, 0.4) is 0 Å². The number of carbonyl (C=O) groups excluding carboxylic acids is 1. The van der Waals surface area contributed by atoms with Gasteiger partial charge in [-0.05, 0) is 38.2 Å². The lowest BCUT2D eigenvalue weighted by molar-refractivity contribution is 0.0795. The van der Waals surface area contributed by atoms with Crippen LogP contribution in [-0.2, 0) is 0 Å². The van der Waals surface area contributed by atoms with Gasteiger partial charge < -0.3 is 14.6 Å². The van der Waals surface area contributed by atoms with Crippen molar-refractivity contribution in [2.24, 2.45) is 0 Å². The lowest BCUT2D eigenvalue weighted by Crippen LogP contribution is -2.33. The smallest absolute Gasteiger partial charge is 0.255 e. The molecule has 5 nitrogen and oxygen atoms in total. The van der Waals surface area contributed by atoms with E-state index >= 15 is 0 Å². The SMILES string of the molecule is CNCCN(C)C(=O)c1ccc(-c2ccco2)nc1C.Cl.Cl. The second-order valence-corrected chi connectivity index (χ2v) is 4.64. The lowest BCUT2D eigenvalue weighted by Gasteiger charge is -2.18. The number of hydrogen-bond donors (Lipinski definition) is 1. The molecule has 0 aliphatic rings. The summed E-state index contributed by atoms with van der Waals surface area (Å²) in [6.45, 7) is 3.26. The Labute approximate surface area is 142 Å². The van der Waals surface area contributed by atoms with Gasteiger partial charge in [-0.15, -0.1) is 24.8 Å². The van der Waals surface area contributed by atoms with Crippen LogP contribution in [0.1, 0.15) is 16.1 Å². The normalized spacial score (nSPS) is 9.59. The number of rotatable bonds is 5. The molecule has 0 aliphatic carbocycles. The molecule has 122 valence electrons. The average molecular weight is 346 g/mol. The third-order valence-corrected chi connectivity index (χ3v) is 3.13. The number of halogens is 2. The van der Waals surface area contributed by atoms with E-state index in [9.17, 15) is 4.79 Å². The van der Waals surface area contributed by atoms with Gasteiger partial charge in [-0.2, -0.15) is 0 Å². The molecule has 22 heavy (non-hydrogen) atoms. The van der Waals surface area contributed by atoms with Crippen molar-refractivity contribution in [1.29, 1.82) is 0 Å². The van der Waals surface area contributed by atoms with E-state index in [1.54, 1.807) is 24.3 Å². The summed E-state index contributed by atoms with van der Waals surface area (Å²) in [5.41, 5.74) is 2.07. The fourth-order valence-electron chi connectivity index (χ4n) is 1.94. The third kappa shape index (κ3) is 4.73. The van der Waals surface area contributed by atoms with Gasteiger partial charge in [-0.1, -0.05) is 0 Å². The van der Waals surface area contributed by atoms with Gasteiger partial charge in [0.25, 0.3) is 5.91 Å². The summed E-state index contributed by atoms with van der Waals surface area (Å²) in [5, 5.41) is 3.03. The molecule has 1 N–H and O–H groups in total. The first kappa shape index (κ1) is 20.4. The van der Waals surface area contributed by atoms with E-state index < -0.39 is 0 Å². The molecule has 0 spiro atoms. The summed E-state index contributed by atoms with van der Waals surface area (Å²) in [7, 11) is 3.66. The second-order valence-electron chi connectivity index (χ2n) is 4.64. The van der Waals surface area contributed by atoms with Gasteiger partial charge in [-0.3, -0.25) is 4.79 Å². The van der Waals surface area contributed by atoms with Crippen LogP contribution in [0.4, 0.5) is 0 Å². The summed E-state index contributed by atoms with van der Waals surface area (Å²) in [6.07, 6.45) is 1.61. The number of aryl methyl sites for hydroxylation is 1. The van der Waals surface area contributed by atoms with Crippen LogP contribution in [0.2, 0.25) is 0 Å². The Morgan fingerprint density at radius 1 is 1.32 bits per heavy atom. The molecule has 0 radical (unpaired) electrons. The second kappa shape index (κ2) is 9.46. The van der Waals surface area contributed by atoms with E-state index in [1.807, 2.05) is 32.2 Å². The van der Waals surface area contributed by atoms with Crippen LogP contribution in [0.25, 0.3) is 11.5 Å². The summed E-state index contributed by atoms with van der Waals surface area (Å²) >= 11 is 0. The Morgan fingerprint density at radius 3 is 2.59 bits per heavy atom. The Bertz CT molecular complexity index is 588. The molecule has 0 atom stereocenters. The van der Waals surface area contributed by atoms with Crippen LogP contribution >= 0.6 is 24.8 Å². The van der Waals surface area contributed by atoms with Gasteiger partial charge in [0.15, 0.2) is 5.76 Å². The number of likely N-dealkylation sites (N-methyl/N-ethyl adjacent to an activating group) is 2. The highest BCUT2D eigenvalue weighted by molar-refractivity contribution is 5.95. The van der Waals surface area contributed by atoms with Gasteiger partial charge in [0.05, 0.1) is 17.5 Å². The Hall–Kier alpha value is -1.56. The van der Waals surface area contributed by atoms with Crippen molar-refractivity contribution in [3.63, 3.8) is 0 Å². The molecule has 0 aromatic carbocycles. The number of carbonyl (C=O) groups is 1. The zero-order valence-electron chi connectivity index (χ0n) is 12.8. The van der Waals surface area contributed by atoms with Gasteiger partial charge in [0.1, 0.15) is 5.69 Å². The summed E-state index contributed by atoms with van der Waals surface area (Å²) < 4.78 is 5.31. The first-order valence-corrected chi connectivity index (χ1v) is 6.55. The van der Waals surface area contributed by atoms with Crippen molar-refractivity contribution in [2.75, 3.05) is 27.2 Å². The molecule has 0 bridgehead atoms. The number of aromatic nitrogens is 1. The van der Waals surface area contributed by atoms with Crippen LogP contribution in [-0.4, -0.2) is 43.0 Å². The first-order chi connectivity index (χ1) is 9.63. The summed E-state index contributed by atoms with van der Waals surface area (Å²) in [6, 6.07) is 7.28. The van der Waals surface area contributed by atoms with Crippen molar-refractivity contribution in [2.45, 2.75) is 6.92 Å². The largest absolute Gasteiger partial charge is 0.463 e. The first-order valence-electron chi connectivity index (χ1n) is 6.55. The highest BCUT2D eigenvalue weighted by atomic mass is 35.5. The van der Waals surface area contributed by atoms with Crippen LogP contribution in [0, 0.1) is 6.92 Å². The number of amides is 1. The minimum atomic E-state index is -0.0174. The minimum absolute atomic E-state index is 0. The monoisotopic (exact) mass is 345 g/mol. The topological polar surface area (TPSA) is 58.4 Å². The Morgan fingerprint density at radius 2 is 2.05 bits per heavy atom. The highest BCUT2D eigenvalue weighted by Gasteiger charge is 2.15. The van der Waals surface area contributed by atoms with Crippen molar-refractivity contribution >= 4 is 30.7 Å². The molecule has 1 amide bonds. The molecule has 2 aromatic rings. The standard InChI is InChI=1S/C15H19N3O2.2ClH/c1-11-12(15(19)18(3)9-8-16-2)6-7-13(17-11)14-5-4-10-20-14;;/h4-7,10,16H,8-9H2,1-3H3;2*1H. The predicted octanol–water partition coefficient (Wildman–Crippen LogP) is 2.79. The van der Waals surface area contributed by atoms with Gasteiger partial charge in [-0.25, -0.2) is 4.98 Å². The fourth-order valence-corrected chi connectivity index (χ4v) is 1.94. The number of furan rings is 1. The average Bonchev–Trinajstić information content (AvgIpc) is 2.98. The maximum absolute atomic E-state index is 12.3. The fraction of sp³-hybridized carbons (Fsp3) is 0.333. The van der Waals surface area contributed by atoms with Crippen molar-refractivity contribution in [3.05, 3.63) is 41.8 Å². The number of hydrogen-bond acceptors (Lipinski definition) is 4. The van der Waals surface area contributed by atoms with Crippen LogP contribution < -0.4 is 5.32 Å². The number of pyridine rings is 1. The number of nitrogens with one attached hydrogen (secondary N) is 1. The predicted molar refractivity (Wildman–Crippen MR) is 92.1 cm³/mol. The molecule has 2 rings (SSSR count). The Balaban J connectivity index is 0.00000220. The zero-order valence-corrected chi connectivity index (χ0v) is 14.5. The summed E-state index contributed by atoms with van der Waals surface area (Å²) in [5.74, 6) is 0.687. The van der Waals surface area contributed by atoms with E-state index in [2.05, 4.69) is 10.3 Å². The molecule has 7 heteroatoms. The van der Waals surface area contributed by atoms with E-state index in [0.717, 1.165) is 12.2 Å². The van der Waals surface area contributed by atoms with Crippen LogP contribution in [0.5, 0.6) is 0 Å². The van der Waals surface area contributed by atoms with E-state index in [4.69, 9.17) is 4.42 Å². The molecule has 0 saturated heterocycles. The lowest BCUT2D eigenvalue weighted by atomic mass is 10.1. The molecule has 2 aromatic heterocycles. The maximum atomic E-state index is 12.3. The summed E-state index contributed by atoms with van der Waals surface area (Å²) in [4.78, 5) is 18.4. The molecular formula is C15H21Cl2N3O2. The van der Waals surface area contributed by atoms with Gasteiger partial charge >= 0.3 is 0 Å².